The molecule has 1 aromatic carbocycles. The van der Waals surface area contributed by atoms with E-state index in [1.807, 2.05) is 26.8 Å². The van der Waals surface area contributed by atoms with Gasteiger partial charge in [-0.2, -0.15) is 5.26 Å². The molecule has 0 saturated carbocycles. The van der Waals surface area contributed by atoms with Crippen LogP contribution in [0.2, 0.25) is 0 Å². The fourth-order valence-electron chi connectivity index (χ4n) is 2.32. The molecule has 1 fully saturated rings. The second kappa shape index (κ2) is 10.4. The number of nitrogens with one attached hydrogen (secondary N) is 1. The third-order valence-electron chi connectivity index (χ3n) is 3.59. The summed E-state index contributed by atoms with van der Waals surface area (Å²) in [6, 6.07) is 6.30. The largest absolute Gasteiger partial charge is 0.492 e. The Kier molecular flexibility index (Phi) is 8.52. The number of nitrogens with zero attached hydrogens (tertiary/aromatic N) is 2. The summed E-state index contributed by atoms with van der Waals surface area (Å²) in [6.07, 6.45) is 2.18. The van der Waals surface area contributed by atoms with Crippen molar-refractivity contribution >= 4 is 12.2 Å². The van der Waals surface area contributed by atoms with Crippen LogP contribution in [0.5, 0.6) is 5.75 Å². The van der Waals surface area contributed by atoms with Gasteiger partial charge in [-0.05, 0) is 46.2 Å². The monoisotopic (exact) mass is 363 g/mol. The van der Waals surface area contributed by atoms with E-state index in [0.717, 1.165) is 25.9 Å². The number of carbonyl (C=O) groups is 1. The van der Waals surface area contributed by atoms with Crippen LogP contribution in [0.3, 0.4) is 0 Å². The molecule has 8 nitrogen and oxygen atoms in total. The molecule has 0 amide bonds. The summed E-state index contributed by atoms with van der Waals surface area (Å²) in [5.74, 6) is 0.682. The summed E-state index contributed by atoms with van der Waals surface area (Å²) >= 11 is 0. The van der Waals surface area contributed by atoms with Crippen molar-refractivity contribution in [3.05, 3.63) is 33.9 Å². The van der Waals surface area contributed by atoms with Crippen LogP contribution in [0, 0.1) is 27.4 Å². The second-order valence-electron chi connectivity index (χ2n) is 6.87. The third kappa shape index (κ3) is 7.49. The Labute approximate surface area is 153 Å². The van der Waals surface area contributed by atoms with E-state index in [1.165, 1.54) is 12.1 Å². The molecule has 1 aliphatic heterocycles. The van der Waals surface area contributed by atoms with Crippen LogP contribution in [0.4, 0.5) is 5.69 Å². The Morgan fingerprint density at radius 3 is 2.65 bits per heavy atom. The normalized spacial score (nSPS) is 16.5. The molecule has 1 N–H and O–H groups in total. The van der Waals surface area contributed by atoms with Crippen molar-refractivity contribution in [1.82, 2.24) is 5.32 Å². The lowest BCUT2D eigenvalue weighted by atomic mass is 10.0. The van der Waals surface area contributed by atoms with Crippen molar-refractivity contribution < 1.29 is 19.2 Å². The predicted molar refractivity (Wildman–Crippen MR) is 95.8 cm³/mol. The summed E-state index contributed by atoms with van der Waals surface area (Å²) in [5.41, 5.74) is -0.528. The fourth-order valence-corrected chi connectivity index (χ4v) is 2.32. The van der Waals surface area contributed by atoms with E-state index in [4.69, 9.17) is 10.00 Å². The van der Waals surface area contributed by atoms with Gasteiger partial charge in [-0.3, -0.25) is 14.9 Å². The summed E-state index contributed by atoms with van der Waals surface area (Å²) in [5, 5.41) is 23.1. The maximum atomic E-state index is 10.8. The standard InChI is InChI=1S/C13H15N3O3.C5H10O2/c14-7-11-12(16(17)18)4-1-5-13(11)19-9-10-3-2-6-15-8-10;1-5(2,3)7-4-6/h1,4-5,10,15H,2-3,6,8-9H2;4H,1-3H3. The van der Waals surface area contributed by atoms with Gasteiger partial charge in [0.15, 0.2) is 5.56 Å². The number of piperidine rings is 1. The second-order valence-corrected chi connectivity index (χ2v) is 6.87. The molecule has 1 aliphatic rings. The molecular formula is C18H25N3O5. The first-order valence-electron chi connectivity index (χ1n) is 8.41. The van der Waals surface area contributed by atoms with Gasteiger partial charge in [0.25, 0.3) is 12.2 Å². The van der Waals surface area contributed by atoms with Crippen LogP contribution in [-0.4, -0.2) is 36.7 Å². The Balaban J connectivity index is 0.000000412. The highest BCUT2D eigenvalue weighted by Gasteiger charge is 2.20. The zero-order valence-electron chi connectivity index (χ0n) is 15.4. The summed E-state index contributed by atoms with van der Waals surface area (Å²) in [7, 11) is 0. The smallest absolute Gasteiger partial charge is 0.293 e. The molecule has 0 radical (unpaired) electrons. The van der Waals surface area contributed by atoms with Crippen LogP contribution in [0.15, 0.2) is 18.2 Å². The molecule has 8 heteroatoms. The van der Waals surface area contributed by atoms with E-state index in [-0.39, 0.29) is 16.9 Å². The quantitative estimate of drug-likeness (QED) is 0.486. The molecule has 1 saturated heterocycles. The minimum atomic E-state index is -0.562. The number of benzene rings is 1. The Morgan fingerprint density at radius 1 is 1.46 bits per heavy atom. The van der Waals surface area contributed by atoms with E-state index in [2.05, 4.69) is 10.1 Å². The number of carbonyl (C=O) groups excluding carboxylic acids is 1. The Morgan fingerprint density at radius 2 is 2.19 bits per heavy atom. The lowest BCUT2D eigenvalue weighted by Gasteiger charge is -2.22. The van der Waals surface area contributed by atoms with Gasteiger partial charge in [0.1, 0.15) is 17.4 Å². The maximum absolute atomic E-state index is 10.8. The fraction of sp³-hybridized carbons (Fsp3) is 0.556. The summed E-state index contributed by atoms with van der Waals surface area (Å²) in [4.78, 5) is 19.9. The van der Waals surface area contributed by atoms with Gasteiger partial charge in [-0.15, -0.1) is 0 Å². The van der Waals surface area contributed by atoms with Crippen molar-refractivity contribution in [3.8, 4) is 11.8 Å². The Bertz CT molecular complexity index is 643. The first-order chi connectivity index (χ1) is 12.3. The van der Waals surface area contributed by atoms with Crippen LogP contribution < -0.4 is 10.1 Å². The molecule has 26 heavy (non-hydrogen) atoms. The molecule has 1 atom stereocenters. The molecule has 0 spiro atoms. The minimum Gasteiger partial charge on any atom is -0.492 e. The van der Waals surface area contributed by atoms with Crippen molar-refractivity contribution in [2.45, 2.75) is 39.2 Å². The maximum Gasteiger partial charge on any atom is 0.293 e. The highest BCUT2D eigenvalue weighted by Crippen LogP contribution is 2.28. The van der Waals surface area contributed by atoms with Gasteiger partial charge in [0.2, 0.25) is 0 Å². The number of nitro groups is 1. The van der Waals surface area contributed by atoms with Crippen LogP contribution in [0.25, 0.3) is 0 Å². The van der Waals surface area contributed by atoms with Gasteiger partial charge in [-0.25, -0.2) is 0 Å². The van der Waals surface area contributed by atoms with Crippen LogP contribution in [0.1, 0.15) is 39.2 Å². The molecule has 0 bridgehead atoms. The van der Waals surface area contributed by atoms with E-state index in [1.54, 1.807) is 6.07 Å². The average Bonchev–Trinajstić information content (AvgIpc) is 2.59. The first-order valence-corrected chi connectivity index (χ1v) is 8.41. The lowest BCUT2D eigenvalue weighted by Crippen LogP contribution is -2.33. The minimum absolute atomic E-state index is 0.00345. The topological polar surface area (TPSA) is 114 Å². The van der Waals surface area contributed by atoms with E-state index in [9.17, 15) is 14.9 Å². The van der Waals surface area contributed by atoms with E-state index < -0.39 is 4.92 Å². The highest BCUT2D eigenvalue weighted by atomic mass is 16.6. The number of hydrogen-bond acceptors (Lipinski definition) is 7. The SMILES string of the molecule is CC(C)(C)OC=O.N#Cc1c(OCC2CCCNC2)cccc1[N+](=O)[O-]. The number of ether oxygens (including phenoxy) is 2. The zero-order valence-corrected chi connectivity index (χ0v) is 15.4. The van der Waals surface area contributed by atoms with Crippen LogP contribution in [-0.2, 0) is 9.53 Å². The Hall–Kier alpha value is -2.66. The van der Waals surface area contributed by atoms with Gasteiger partial charge >= 0.3 is 0 Å². The molecule has 2 rings (SSSR count). The van der Waals surface area contributed by atoms with Gasteiger partial charge < -0.3 is 14.8 Å². The van der Waals surface area contributed by atoms with Gasteiger partial charge in [0, 0.05) is 18.5 Å². The molecule has 1 unspecified atom stereocenters. The van der Waals surface area contributed by atoms with Crippen molar-refractivity contribution in [2.24, 2.45) is 5.92 Å². The average molecular weight is 363 g/mol. The summed E-state index contributed by atoms with van der Waals surface area (Å²) in [6.45, 7) is 8.31. The van der Waals surface area contributed by atoms with Gasteiger partial charge in [-0.1, -0.05) is 6.07 Å². The van der Waals surface area contributed by atoms with Crippen molar-refractivity contribution in [3.63, 3.8) is 0 Å². The molecule has 0 aliphatic carbocycles. The van der Waals surface area contributed by atoms with E-state index in [0.29, 0.717) is 24.7 Å². The highest BCUT2D eigenvalue weighted by molar-refractivity contribution is 5.56. The van der Waals surface area contributed by atoms with Gasteiger partial charge in [0.05, 0.1) is 11.5 Å². The van der Waals surface area contributed by atoms with E-state index >= 15 is 0 Å². The molecular weight excluding hydrogens is 338 g/mol. The predicted octanol–water partition coefficient (Wildman–Crippen LogP) is 2.80. The van der Waals surface area contributed by atoms with Crippen molar-refractivity contribution in [2.75, 3.05) is 19.7 Å². The first kappa shape index (κ1) is 21.4. The van der Waals surface area contributed by atoms with Crippen molar-refractivity contribution in [1.29, 1.82) is 5.26 Å². The molecule has 0 aromatic heterocycles. The molecule has 1 heterocycles. The summed E-state index contributed by atoms with van der Waals surface area (Å²) < 4.78 is 10.1. The number of rotatable bonds is 5. The number of hydrogen-bond donors (Lipinski definition) is 1. The third-order valence-corrected chi connectivity index (χ3v) is 3.59. The van der Waals surface area contributed by atoms with Crippen LogP contribution >= 0.6 is 0 Å². The molecule has 142 valence electrons. The number of nitriles is 1. The molecule has 1 aromatic rings. The number of nitro benzene ring substituents is 1. The zero-order chi connectivity index (χ0) is 19.6. The lowest BCUT2D eigenvalue weighted by molar-refractivity contribution is -0.385.